The molecule has 0 saturated carbocycles. The fourth-order valence-electron chi connectivity index (χ4n) is 3.72. The third kappa shape index (κ3) is 4.52. The Morgan fingerprint density at radius 3 is 2.62 bits per heavy atom. The number of benzene rings is 2. The summed E-state index contributed by atoms with van der Waals surface area (Å²) in [6, 6.07) is 15.2. The molecule has 2 heterocycles. The van der Waals surface area contributed by atoms with Crippen LogP contribution in [-0.4, -0.2) is 41.2 Å². The summed E-state index contributed by atoms with van der Waals surface area (Å²) in [6.45, 7) is 3.92. The molecule has 150 valence electrons. The molecule has 0 bridgehead atoms. The average molecular weight is 412 g/mol. The van der Waals surface area contributed by atoms with Crippen LogP contribution in [0.1, 0.15) is 12.8 Å². The number of phenolic OH excluding ortho intramolecular Hbond substituents is 1. The molecule has 1 aliphatic rings. The number of hydrogen-bond acceptors (Lipinski definition) is 4. The molecule has 4 rings (SSSR count). The number of halogens is 2. The third-order valence-corrected chi connectivity index (χ3v) is 5.50. The average Bonchev–Trinajstić information content (AvgIpc) is 3.22. The summed E-state index contributed by atoms with van der Waals surface area (Å²) in [5.41, 5.74) is 2.09. The predicted molar refractivity (Wildman–Crippen MR) is 116 cm³/mol. The Balaban J connectivity index is 1.70. The van der Waals surface area contributed by atoms with Gasteiger partial charge in [0.2, 0.25) is 0 Å². The number of phenols is 1. The van der Waals surface area contributed by atoms with E-state index in [-0.39, 0.29) is 5.75 Å². The molecular weight excluding hydrogens is 389 g/mol. The Morgan fingerprint density at radius 1 is 1.07 bits per heavy atom. The van der Waals surface area contributed by atoms with Gasteiger partial charge >= 0.3 is 0 Å². The van der Waals surface area contributed by atoms with Gasteiger partial charge in [0.15, 0.2) is 0 Å². The van der Waals surface area contributed by atoms with Crippen LogP contribution in [0, 0.1) is 5.82 Å². The molecule has 1 aliphatic heterocycles. The van der Waals surface area contributed by atoms with Gasteiger partial charge in [0.1, 0.15) is 17.4 Å². The molecule has 0 aliphatic carbocycles. The number of nitrogens with one attached hydrogen (secondary N) is 1. The normalized spacial score (nSPS) is 14.3. The second kappa shape index (κ2) is 8.80. The van der Waals surface area contributed by atoms with Crippen molar-refractivity contribution < 1.29 is 9.50 Å². The van der Waals surface area contributed by atoms with Crippen LogP contribution in [0.15, 0.2) is 54.6 Å². The summed E-state index contributed by atoms with van der Waals surface area (Å²) >= 11 is 6.30. The van der Waals surface area contributed by atoms with Crippen molar-refractivity contribution in [3.8, 4) is 28.1 Å². The van der Waals surface area contributed by atoms with Crippen LogP contribution in [-0.2, 0) is 0 Å². The van der Waals surface area contributed by atoms with Gasteiger partial charge in [-0.1, -0.05) is 29.8 Å². The van der Waals surface area contributed by atoms with Crippen molar-refractivity contribution in [2.45, 2.75) is 12.8 Å². The Morgan fingerprint density at radius 2 is 1.86 bits per heavy atom. The van der Waals surface area contributed by atoms with Crippen LogP contribution < -0.4 is 5.32 Å². The first-order valence-electron chi connectivity index (χ1n) is 9.83. The van der Waals surface area contributed by atoms with Crippen molar-refractivity contribution >= 4 is 17.4 Å². The number of para-hydroxylation sites is 1. The lowest BCUT2D eigenvalue weighted by atomic mass is 10.0. The van der Waals surface area contributed by atoms with Gasteiger partial charge in [-0.05, 0) is 67.9 Å². The van der Waals surface area contributed by atoms with Crippen molar-refractivity contribution in [3.63, 3.8) is 0 Å². The highest BCUT2D eigenvalue weighted by molar-refractivity contribution is 6.33. The number of nitrogens with zero attached hydrogens (tertiary/aromatic N) is 2. The van der Waals surface area contributed by atoms with Crippen LogP contribution in [0.4, 0.5) is 10.2 Å². The van der Waals surface area contributed by atoms with Crippen LogP contribution in [0.25, 0.3) is 22.4 Å². The SMILES string of the molecule is Oc1ccccc1-c1cc(-c2c(F)cccc2Cl)cc(NCCN2CCCC2)n1. The van der Waals surface area contributed by atoms with Crippen molar-refractivity contribution in [1.82, 2.24) is 9.88 Å². The maximum absolute atomic E-state index is 14.6. The number of aromatic nitrogens is 1. The van der Waals surface area contributed by atoms with Gasteiger partial charge in [0.05, 0.1) is 10.7 Å². The number of rotatable bonds is 6. The van der Waals surface area contributed by atoms with Gasteiger partial charge in [0, 0.05) is 24.2 Å². The molecule has 0 atom stereocenters. The molecule has 2 aromatic carbocycles. The number of anilines is 1. The van der Waals surface area contributed by atoms with E-state index in [1.807, 2.05) is 6.07 Å². The zero-order valence-electron chi connectivity index (χ0n) is 16.0. The maximum Gasteiger partial charge on any atom is 0.132 e. The molecule has 0 amide bonds. The van der Waals surface area contributed by atoms with Crippen LogP contribution >= 0.6 is 11.6 Å². The van der Waals surface area contributed by atoms with E-state index in [9.17, 15) is 9.50 Å². The topological polar surface area (TPSA) is 48.4 Å². The second-order valence-corrected chi connectivity index (χ2v) is 7.62. The molecule has 4 nitrogen and oxygen atoms in total. The Hall–Kier alpha value is -2.63. The predicted octanol–water partition coefficient (Wildman–Crippen LogP) is 5.42. The lowest BCUT2D eigenvalue weighted by Crippen LogP contribution is -2.26. The maximum atomic E-state index is 14.6. The van der Waals surface area contributed by atoms with E-state index in [0.29, 0.717) is 33.2 Å². The van der Waals surface area contributed by atoms with E-state index in [1.54, 1.807) is 42.5 Å². The molecule has 0 spiro atoms. The van der Waals surface area contributed by atoms with E-state index >= 15 is 0 Å². The molecular formula is C23H23ClFN3O. The first-order chi connectivity index (χ1) is 14.1. The fraction of sp³-hybridized carbons (Fsp3) is 0.261. The highest BCUT2D eigenvalue weighted by Crippen LogP contribution is 2.36. The van der Waals surface area contributed by atoms with Crippen molar-refractivity contribution in [1.29, 1.82) is 0 Å². The van der Waals surface area contributed by atoms with Gasteiger partial charge in [-0.2, -0.15) is 0 Å². The van der Waals surface area contributed by atoms with Crippen LogP contribution in [0.5, 0.6) is 5.75 Å². The Bertz CT molecular complexity index is 985. The van der Waals surface area contributed by atoms with Crippen molar-refractivity contribution in [3.05, 3.63) is 65.4 Å². The molecule has 3 aromatic rings. The lowest BCUT2D eigenvalue weighted by molar-refractivity contribution is 0.352. The monoisotopic (exact) mass is 411 g/mol. The molecule has 2 N–H and O–H groups in total. The van der Waals surface area contributed by atoms with E-state index < -0.39 is 5.82 Å². The number of likely N-dealkylation sites (tertiary alicyclic amines) is 1. The highest BCUT2D eigenvalue weighted by Gasteiger charge is 2.15. The van der Waals surface area contributed by atoms with Crippen molar-refractivity contribution in [2.24, 2.45) is 0 Å². The van der Waals surface area contributed by atoms with Gasteiger partial charge in [-0.3, -0.25) is 0 Å². The van der Waals surface area contributed by atoms with Crippen LogP contribution in [0.3, 0.4) is 0 Å². The van der Waals surface area contributed by atoms with E-state index in [2.05, 4.69) is 15.2 Å². The summed E-state index contributed by atoms with van der Waals surface area (Å²) in [7, 11) is 0. The molecule has 1 aromatic heterocycles. The molecule has 6 heteroatoms. The smallest absolute Gasteiger partial charge is 0.132 e. The summed E-state index contributed by atoms with van der Waals surface area (Å²) in [5, 5.41) is 14.0. The first-order valence-corrected chi connectivity index (χ1v) is 10.2. The molecule has 29 heavy (non-hydrogen) atoms. The minimum atomic E-state index is -0.394. The largest absolute Gasteiger partial charge is 0.507 e. The molecule has 0 radical (unpaired) electrons. The highest BCUT2D eigenvalue weighted by atomic mass is 35.5. The number of hydrogen-bond donors (Lipinski definition) is 2. The standard InChI is InChI=1S/C23H23ClFN3O/c24-18-7-5-8-19(25)23(18)16-14-20(17-6-1-2-9-21(17)29)27-22(15-16)26-10-13-28-11-3-4-12-28/h1-2,5-9,14-15,29H,3-4,10-13H2,(H,26,27). The molecule has 0 unspecified atom stereocenters. The van der Waals surface area contributed by atoms with Gasteiger partial charge < -0.3 is 15.3 Å². The third-order valence-electron chi connectivity index (χ3n) is 5.19. The Labute approximate surface area is 175 Å². The lowest BCUT2D eigenvalue weighted by Gasteiger charge is -2.16. The second-order valence-electron chi connectivity index (χ2n) is 7.22. The van der Waals surface area contributed by atoms with Crippen molar-refractivity contribution in [2.75, 3.05) is 31.5 Å². The molecule has 1 saturated heterocycles. The fourth-order valence-corrected chi connectivity index (χ4v) is 3.99. The van der Waals surface area contributed by atoms with E-state index in [1.165, 1.54) is 18.9 Å². The van der Waals surface area contributed by atoms with Gasteiger partial charge in [-0.15, -0.1) is 0 Å². The number of aromatic hydroxyl groups is 1. The summed E-state index contributed by atoms with van der Waals surface area (Å²) < 4.78 is 14.6. The zero-order valence-corrected chi connectivity index (χ0v) is 16.8. The minimum Gasteiger partial charge on any atom is -0.507 e. The summed E-state index contributed by atoms with van der Waals surface area (Å²) in [4.78, 5) is 7.07. The Kier molecular flexibility index (Phi) is 5.97. The van der Waals surface area contributed by atoms with E-state index in [0.717, 1.165) is 26.2 Å². The minimum absolute atomic E-state index is 0.125. The summed E-state index contributed by atoms with van der Waals surface area (Å²) in [6.07, 6.45) is 2.49. The molecule has 1 fully saturated rings. The van der Waals surface area contributed by atoms with Gasteiger partial charge in [-0.25, -0.2) is 9.37 Å². The first kappa shape index (κ1) is 19.7. The van der Waals surface area contributed by atoms with Gasteiger partial charge in [0.25, 0.3) is 0 Å². The zero-order chi connectivity index (χ0) is 20.2. The quantitative estimate of drug-likeness (QED) is 0.568. The van der Waals surface area contributed by atoms with E-state index in [4.69, 9.17) is 11.6 Å². The summed E-state index contributed by atoms with van der Waals surface area (Å²) in [5.74, 6) is 0.356. The van der Waals surface area contributed by atoms with Crippen LogP contribution in [0.2, 0.25) is 5.02 Å². The number of pyridine rings is 1.